The molecule has 2 aromatic carbocycles. The van der Waals surface area contributed by atoms with Crippen molar-refractivity contribution in [2.75, 3.05) is 19.0 Å². The SMILES string of the molecule is COc1ccc2c(c1)OCC(C(=O)Nc1c(C)cnn1Cc1cc(F)ccc1F)C2. The van der Waals surface area contributed by atoms with Crippen molar-refractivity contribution < 1.29 is 23.0 Å². The third-order valence-corrected chi connectivity index (χ3v) is 5.14. The number of hydrogen-bond donors (Lipinski definition) is 1. The van der Waals surface area contributed by atoms with Crippen molar-refractivity contribution in [3.8, 4) is 11.5 Å². The third kappa shape index (κ3) is 3.98. The Balaban J connectivity index is 1.50. The molecule has 2 heterocycles. The number of carbonyl (C=O) groups excluding carboxylic acids is 1. The van der Waals surface area contributed by atoms with Crippen LogP contribution in [0.5, 0.6) is 11.5 Å². The summed E-state index contributed by atoms with van der Waals surface area (Å²) in [5, 5.41) is 7.08. The van der Waals surface area contributed by atoms with Crippen LogP contribution in [0, 0.1) is 24.5 Å². The van der Waals surface area contributed by atoms with E-state index < -0.39 is 11.6 Å². The maximum atomic E-state index is 14.0. The fraction of sp³-hybridized carbons (Fsp3) is 0.273. The van der Waals surface area contributed by atoms with Gasteiger partial charge in [-0.25, -0.2) is 13.5 Å². The fourth-order valence-corrected chi connectivity index (χ4v) is 3.45. The minimum atomic E-state index is -0.533. The summed E-state index contributed by atoms with van der Waals surface area (Å²) in [6, 6.07) is 8.77. The average molecular weight is 413 g/mol. The van der Waals surface area contributed by atoms with Crippen molar-refractivity contribution in [2.45, 2.75) is 19.9 Å². The first kappa shape index (κ1) is 19.9. The Hall–Kier alpha value is -3.42. The number of hydrogen-bond acceptors (Lipinski definition) is 4. The fourth-order valence-electron chi connectivity index (χ4n) is 3.45. The van der Waals surface area contributed by atoms with E-state index in [1.165, 1.54) is 4.68 Å². The lowest BCUT2D eigenvalue weighted by Gasteiger charge is -2.25. The number of aryl methyl sites for hydroxylation is 1. The van der Waals surface area contributed by atoms with Gasteiger partial charge in [0.25, 0.3) is 0 Å². The topological polar surface area (TPSA) is 65.4 Å². The van der Waals surface area contributed by atoms with Crippen molar-refractivity contribution in [2.24, 2.45) is 5.92 Å². The molecule has 0 spiro atoms. The van der Waals surface area contributed by atoms with Gasteiger partial charge in [0.15, 0.2) is 0 Å². The zero-order valence-electron chi connectivity index (χ0n) is 16.6. The quantitative estimate of drug-likeness (QED) is 0.693. The minimum Gasteiger partial charge on any atom is -0.497 e. The molecule has 6 nitrogen and oxygen atoms in total. The number of aromatic nitrogens is 2. The molecule has 1 N–H and O–H groups in total. The zero-order chi connectivity index (χ0) is 21.3. The molecule has 156 valence electrons. The molecule has 1 aliphatic heterocycles. The molecule has 1 aliphatic rings. The molecular formula is C22H21F2N3O3. The lowest BCUT2D eigenvalue weighted by Crippen LogP contribution is -2.33. The second-order valence-electron chi connectivity index (χ2n) is 7.24. The minimum absolute atomic E-state index is 0.00313. The van der Waals surface area contributed by atoms with Crippen LogP contribution in [0.1, 0.15) is 16.7 Å². The second-order valence-corrected chi connectivity index (χ2v) is 7.24. The number of carbonyl (C=O) groups is 1. The standard InChI is InChI=1S/C22H21F2N3O3/c1-13-10-25-27(11-15-8-17(23)4-6-19(15)24)21(13)26-22(28)16-7-14-3-5-18(29-2)9-20(14)30-12-16/h3-6,8-10,16H,7,11-12H2,1-2H3,(H,26,28). The van der Waals surface area contributed by atoms with Crippen LogP contribution in [-0.4, -0.2) is 29.4 Å². The highest BCUT2D eigenvalue weighted by molar-refractivity contribution is 5.93. The number of anilines is 1. The number of halogens is 2. The van der Waals surface area contributed by atoms with Gasteiger partial charge in [-0.05, 0) is 43.2 Å². The van der Waals surface area contributed by atoms with Crippen molar-refractivity contribution >= 4 is 11.7 Å². The van der Waals surface area contributed by atoms with Crippen molar-refractivity contribution in [3.05, 3.63) is 70.9 Å². The number of methoxy groups -OCH3 is 1. The predicted molar refractivity (Wildman–Crippen MR) is 107 cm³/mol. The van der Waals surface area contributed by atoms with E-state index in [0.717, 1.165) is 29.3 Å². The summed E-state index contributed by atoms with van der Waals surface area (Å²) in [6.45, 7) is 2.02. The molecule has 3 aromatic rings. The first-order valence-corrected chi connectivity index (χ1v) is 9.51. The van der Waals surface area contributed by atoms with Gasteiger partial charge in [-0.1, -0.05) is 6.07 Å². The van der Waals surface area contributed by atoms with E-state index in [9.17, 15) is 13.6 Å². The second kappa shape index (κ2) is 8.14. The van der Waals surface area contributed by atoms with Crippen LogP contribution in [0.25, 0.3) is 0 Å². The van der Waals surface area contributed by atoms with Gasteiger partial charge in [0.2, 0.25) is 5.91 Å². The Morgan fingerprint density at radius 1 is 1.30 bits per heavy atom. The third-order valence-electron chi connectivity index (χ3n) is 5.14. The van der Waals surface area contributed by atoms with Crippen LogP contribution in [0.15, 0.2) is 42.6 Å². The Labute approximate surface area is 172 Å². The van der Waals surface area contributed by atoms with Gasteiger partial charge in [-0.15, -0.1) is 0 Å². The van der Waals surface area contributed by atoms with Crippen molar-refractivity contribution in [1.82, 2.24) is 9.78 Å². The number of amides is 1. The van der Waals surface area contributed by atoms with Crippen LogP contribution in [0.3, 0.4) is 0 Å². The number of fused-ring (bicyclic) bond motifs is 1. The number of benzene rings is 2. The first-order chi connectivity index (χ1) is 14.4. The Morgan fingerprint density at radius 2 is 2.13 bits per heavy atom. The summed E-state index contributed by atoms with van der Waals surface area (Å²) in [4.78, 5) is 12.9. The molecular weight excluding hydrogens is 392 g/mol. The van der Waals surface area contributed by atoms with Gasteiger partial charge in [0.1, 0.15) is 35.6 Å². The summed E-state index contributed by atoms with van der Waals surface area (Å²) in [5.41, 5.74) is 1.80. The number of rotatable bonds is 5. The van der Waals surface area contributed by atoms with Gasteiger partial charge >= 0.3 is 0 Å². The monoisotopic (exact) mass is 413 g/mol. The maximum Gasteiger partial charge on any atom is 0.232 e. The Kier molecular flexibility index (Phi) is 5.39. The molecule has 1 amide bonds. The normalized spacial score (nSPS) is 15.3. The number of nitrogens with one attached hydrogen (secondary N) is 1. The number of nitrogens with zero attached hydrogens (tertiary/aromatic N) is 2. The molecule has 1 aromatic heterocycles. The molecule has 0 saturated carbocycles. The first-order valence-electron chi connectivity index (χ1n) is 9.51. The summed E-state index contributed by atoms with van der Waals surface area (Å²) >= 11 is 0. The van der Waals surface area contributed by atoms with E-state index in [1.54, 1.807) is 26.3 Å². The van der Waals surface area contributed by atoms with E-state index >= 15 is 0 Å². The molecule has 30 heavy (non-hydrogen) atoms. The van der Waals surface area contributed by atoms with E-state index in [0.29, 0.717) is 23.7 Å². The maximum absolute atomic E-state index is 14.0. The summed E-state index contributed by atoms with van der Waals surface area (Å²) in [7, 11) is 1.59. The summed E-state index contributed by atoms with van der Waals surface area (Å²) < 4.78 is 39.9. The molecule has 4 rings (SSSR count). The van der Waals surface area contributed by atoms with Gasteiger partial charge in [-0.3, -0.25) is 4.79 Å². The van der Waals surface area contributed by atoms with Gasteiger partial charge in [0, 0.05) is 17.2 Å². The van der Waals surface area contributed by atoms with Crippen LogP contribution in [0.2, 0.25) is 0 Å². The summed E-state index contributed by atoms with van der Waals surface area (Å²) in [5.74, 6) is 0.178. The largest absolute Gasteiger partial charge is 0.497 e. The molecule has 0 aliphatic carbocycles. The van der Waals surface area contributed by atoms with Gasteiger partial charge < -0.3 is 14.8 Å². The van der Waals surface area contributed by atoms with E-state index in [2.05, 4.69) is 10.4 Å². The highest BCUT2D eigenvalue weighted by Crippen LogP contribution is 2.31. The highest BCUT2D eigenvalue weighted by atomic mass is 19.1. The molecule has 0 radical (unpaired) electrons. The van der Waals surface area contributed by atoms with Crippen LogP contribution < -0.4 is 14.8 Å². The van der Waals surface area contributed by atoms with Crippen molar-refractivity contribution in [1.29, 1.82) is 0 Å². The highest BCUT2D eigenvalue weighted by Gasteiger charge is 2.27. The number of ether oxygens (including phenoxy) is 2. The molecule has 1 atom stereocenters. The van der Waals surface area contributed by atoms with Crippen LogP contribution in [-0.2, 0) is 17.8 Å². The predicted octanol–water partition coefficient (Wildman–Crippen LogP) is 3.72. The lowest BCUT2D eigenvalue weighted by molar-refractivity contribution is -0.121. The smallest absolute Gasteiger partial charge is 0.232 e. The van der Waals surface area contributed by atoms with Gasteiger partial charge in [0.05, 0.1) is 25.8 Å². The molecule has 0 fully saturated rings. The van der Waals surface area contributed by atoms with E-state index in [1.807, 2.05) is 12.1 Å². The Bertz CT molecular complexity index is 1100. The lowest BCUT2D eigenvalue weighted by atomic mass is 9.96. The average Bonchev–Trinajstić information content (AvgIpc) is 3.09. The molecule has 8 heteroatoms. The van der Waals surface area contributed by atoms with Crippen LogP contribution >= 0.6 is 0 Å². The summed E-state index contributed by atoms with van der Waals surface area (Å²) in [6.07, 6.45) is 2.10. The van der Waals surface area contributed by atoms with E-state index in [4.69, 9.17) is 9.47 Å². The Morgan fingerprint density at radius 3 is 2.93 bits per heavy atom. The van der Waals surface area contributed by atoms with Crippen molar-refractivity contribution in [3.63, 3.8) is 0 Å². The molecule has 0 bridgehead atoms. The zero-order valence-corrected chi connectivity index (χ0v) is 16.6. The molecule has 1 unspecified atom stereocenters. The molecule has 0 saturated heterocycles. The van der Waals surface area contributed by atoms with Gasteiger partial charge in [-0.2, -0.15) is 5.10 Å². The van der Waals surface area contributed by atoms with E-state index in [-0.39, 0.29) is 30.5 Å². The van der Waals surface area contributed by atoms with Crippen LogP contribution in [0.4, 0.5) is 14.6 Å².